The molecule has 2 unspecified atom stereocenters. The maximum atomic E-state index is 12.1. The van der Waals surface area contributed by atoms with Crippen molar-refractivity contribution in [2.24, 2.45) is 0 Å². The molecule has 23 heavy (non-hydrogen) atoms. The van der Waals surface area contributed by atoms with Crippen molar-refractivity contribution in [2.75, 3.05) is 19.9 Å². The molecule has 1 aromatic rings. The first-order valence-corrected chi connectivity index (χ1v) is 10.4. The number of amides is 1. The molecule has 0 spiro atoms. The fourth-order valence-corrected chi connectivity index (χ4v) is 2.56. The molecule has 0 fully saturated rings. The van der Waals surface area contributed by atoms with Crippen molar-refractivity contribution in [1.82, 2.24) is 10.4 Å². The highest BCUT2D eigenvalue weighted by atomic mass is 31.2. The standard InChI is InChI=1S/C16H27N2O4P/c1-5-13-7-6-8-14(9-13)11-18(21)16(20)12(2)17-10-15(19)23(3,4)22/h6-9,12,15,17,19,21H,5,10-11H2,1-4H3. The second-order valence-electron chi connectivity index (χ2n) is 6.11. The van der Waals surface area contributed by atoms with Crippen molar-refractivity contribution in [1.29, 1.82) is 0 Å². The number of carbonyl (C=O) groups excluding carboxylic acids is 1. The first-order valence-electron chi connectivity index (χ1n) is 7.69. The highest BCUT2D eigenvalue weighted by molar-refractivity contribution is 7.62. The Morgan fingerprint density at radius 3 is 2.52 bits per heavy atom. The van der Waals surface area contributed by atoms with Gasteiger partial charge in [-0.3, -0.25) is 10.0 Å². The number of aryl methyl sites for hydroxylation is 1. The van der Waals surface area contributed by atoms with Gasteiger partial charge in [0.25, 0.3) is 5.91 Å². The van der Waals surface area contributed by atoms with E-state index in [1.807, 2.05) is 31.2 Å². The molecule has 0 aliphatic carbocycles. The van der Waals surface area contributed by atoms with Gasteiger partial charge in [-0.05, 0) is 37.8 Å². The molecular weight excluding hydrogens is 315 g/mol. The van der Waals surface area contributed by atoms with Crippen molar-refractivity contribution < 1.29 is 19.7 Å². The number of aliphatic hydroxyl groups is 1. The van der Waals surface area contributed by atoms with E-state index in [1.54, 1.807) is 6.92 Å². The van der Waals surface area contributed by atoms with E-state index in [9.17, 15) is 19.7 Å². The van der Waals surface area contributed by atoms with Gasteiger partial charge in [0, 0.05) is 6.54 Å². The van der Waals surface area contributed by atoms with Gasteiger partial charge in [-0.2, -0.15) is 0 Å². The van der Waals surface area contributed by atoms with Gasteiger partial charge in [-0.1, -0.05) is 31.2 Å². The number of carbonyl (C=O) groups is 1. The SMILES string of the molecule is CCc1cccc(CN(O)C(=O)C(C)NCC(O)P(C)(C)=O)c1. The molecule has 0 saturated carbocycles. The summed E-state index contributed by atoms with van der Waals surface area (Å²) in [5.41, 5.74) is 1.98. The largest absolute Gasteiger partial charge is 0.384 e. The fourth-order valence-electron chi connectivity index (χ4n) is 2.01. The number of aliphatic hydroxyl groups excluding tert-OH is 1. The van der Waals surface area contributed by atoms with Gasteiger partial charge in [0.2, 0.25) is 0 Å². The number of hydroxylamine groups is 2. The van der Waals surface area contributed by atoms with Crippen LogP contribution in [-0.4, -0.2) is 53.0 Å². The van der Waals surface area contributed by atoms with Crippen LogP contribution in [0.25, 0.3) is 0 Å². The maximum Gasteiger partial charge on any atom is 0.263 e. The average molecular weight is 342 g/mol. The van der Waals surface area contributed by atoms with Crippen LogP contribution in [0.1, 0.15) is 25.0 Å². The third-order valence-corrected chi connectivity index (χ3v) is 5.30. The minimum Gasteiger partial charge on any atom is -0.384 e. The number of hydrogen-bond donors (Lipinski definition) is 3. The van der Waals surface area contributed by atoms with Crippen molar-refractivity contribution in [3.63, 3.8) is 0 Å². The first-order chi connectivity index (χ1) is 10.6. The molecule has 6 nitrogen and oxygen atoms in total. The van der Waals surface area contributed by atoms with Crippen LogP contribution in [0.5, 0.6) is 0 Å². The molecule has 0 radical (unpaired) electrons. The molecule has 0 aliphatic heterocycles. The highest BCUT2D eigenvalue weighted by Crippen LogP contribution is 2.40. The molecule has 0 aromatic heterocycles. The van der Waals surface area contributed by atoms with Crippen LogP contribution >= 0.6 is 7.14 Å². The summed E-state index contributed by atoms with van der Waals surface area (Å²) in [5.74, 6) is -1.51. The van der Waals surface area contributed by atoms with E-state index in [0.29, 0.717) is 5.06 Å². The van der Waals surface area contributed by atoms with E-state index in [-0.39, 0.29) is 13.1 Å². The van der Waals surface area contributed by atoms with Crippen molar-refractivity contribution in [3.8, 4) is 0 Å². The summed E-state index contributed by atoms with van der Waals surface area (Å²) in [6.07, 6.45) is 0.886. The molecule has 130 valence electrons. The van der Waals surface area contributed by atoms with E-state index in [1.165, 1.54) is 13.3 Å². The van der Waals surface area contributed by atoms with Gasteiger partial charge >= 0.3 is 0 Å². The summed E-state index contributed by atoms with van der Waals surface area (Å²) in [5, 5.41) is 23.2. The predicted octanol–water partition coefficient (Wildman–Crippen LogP) is 1.89. The monoisotopic (exact) mass is 342 g/mol. The third kappa shape index (κ3) is 6.43. The molecule has 1 amide bonds. The molecule has 3 N–H and O–H groups in total. The predicted molar refractivity (Wildman–Crippen MR) is 91.1 cm³/mol. The lowest BCUT2D eigenvalue weighted by Gasteiger charge is -2.22. The summed E-state index contributed by atoms with van der Waals surface area (Å²) < 4.78 is 11.7. The van der Waals surface area contributed by atoms with Crippen LogP contribution in [0, 0.1) is 0 Å². The zero-order valence-corrected chi connectivity index (χ0v) is 15.1. The van der Waals surface area contributed by atoms with Crippen LogP contribution in [-0.2, 0) is 22.3 Å². The molecule has 0 aliphatic rings. The number of hydrogen-bond acceptors (Lipinski definition) is 5. The molecule has 0 heterocycles. The Labute approximate surface area is 137 Å². The molecule has 7 heteroatoms. The average Bonchev–Trinajstić information content (AvgIpc) is 2.50. The Morgan fingerprint density at radius 1 is 1.35 bits per heavy atom. The maximum absolute atomic E-state index is 12.1. The minimum absolute atomic E-state index is 0.0380. The van der Waals surface area contributed by atoms with Crippen molar-refractivity contribution in [3.05, 3.63) is 35.4 Å². The van der Waals surface area contributed by atoms with E-state index >= 15 is 0 Å². The van der Waals surface area contributed by atoms with Gasteiger partial charge in [0.1, 0.15) is 13.0 Å². The van der Waals surface area contributed by atoms with Crippen LogP contribution in [0.15, 0.2) is 24.3 Å². The molecule has 1 rings (SSSR count). The molecule has 2 atom stereocenters. The number of rotatable bonds is 8. The summed E-state index contributed by atoms with van der Waals surface area (Å²) in [4.78, 5) is 12.1. The first kappa shape index (κ1) is 19.8. The fraction of sp³-hybridized carbons (Fsp3) is 0.562. The van der Waals surface area contributed by atoms with Gasteiger partial charge in [-0.25, -0.2) is 5.06 Å². The smallest absolute Gasteiger partial charge is 0.263 e. The topological polar surface area (TPSA) is 89.9 Å². The van der Waals surface area contributed by atoms with Gasteiger partial charge < -0.3 is 15.0 Å². The lowest BCUT2D eigenvalue weighted by Crippen LogP contribution is -2.45. The number of benzene rings is 1. The van der Waals surface area contributed by atoms with Crippen molar-refractivity contribution >= 4 is 13.0 Å². The second kappa shape index (κ2) is 8.60. The Balaban J connectivity index is 2.56. The zero-order chi connectivity index (χ0) is 17.6. The summed E-state index contributed by atoms with van der Waals surface area (Å²) >= 11 is 0. The van der Waals surface area contributed by atoms with E-state index in [4.69, 9.17) is 0 Å². The van der Waals surface area contributed by atoms with E-state index < -0.39 is 24.9 Å². The minimum atomic E-state index is -2.63. The molecule has 0 bridgehead atoms. The molecular formula is C16H27N2O4P. The quantitative estimate of drug-likeness (QED) is 0.381. The Morgan fingerprint density at radius 2 is 1.96 bits per heavy atom. The van der Waals surface area contributed by atoms with Crippen LogP contribution in [0.3, 0.4) is 0 Å². The van der Waals surface area contributed by atoms with Crippen LogP contribution < -0.4 is 5.32 Å². The summed E-state index contributed by atoms with van der Waals surface area (Å²) in [6, 6.07) is 7.00. The van der Waals surface area contributed by atoms with E-state index in [0.717, 1.165) is 17.5 Å². The molecule has 1 aromatic carbocycles. The molecule has 0 saturated heterocycles. The highest BCUT2D eigenvalue weighted by Gasteiger charge is 2.24. The number of nitrogens with one attached hydrogen (secondary N) is 1. The Kier molecular flexibility index (Phi) is 7.42. The van der Waals surface area contributed by atoms with Gasteiger partial charge in [0.05, 0.1) is 12.6 Å². The normalized spacial score (nSPS) is 14.3. The lowest BCUT2D eigenvalue weighted by atomic mass is 10.1. The zero-order valence-electron chi connectivity index (χ0n) is 14.2. The van der Waals surface area contributed by atoms with Crippen molar-refractivity contribution in [2.45, 2.75) is 38.7 Å². The second-order valence-corrected chi connectivity index (χ2v) is 9.58. The van der Waals surface area contributed by atoms with Crippen LogP contribution in [0.4, 0.5) is 0 Å². The van der Waals surface area contributed by atoms with E-state index in [2.05, 4.69) is 5.32 Å². The summed E-state index contributed by atoms with van der Waals surface area (Å²) in [7, 11) is -2.63. The number of nitrogens with zero attached hydrogens (tertiary/aromatic N) is 1. The van der Waals surface area contributed by atoms with Gasteiger partial charge in [-0.15, -0.1) is 0 Å². The van der Waals surface area contributed by atoms with Gasteiger partial charge in [0.15, 0.2) is 0 Å². The summed E-state index contributed by atoms with van der Waals surface area (Å²) in [6.45, 7) is 6.75. The Hall–Kier alpha value is -1.20. The third-order valence-electron chi connectivity index (χ3n) is 3.68. The lowest BCUT2D eigenvalue weighted by molar-refractivity contribution is -0.170. The Bertz CT molecular complexity index is 573. The van der Waals surface area contributed by atoms with Crippen LogP contribution in [0.2, 0.25) is 0 Å².